The van der Waals surface area contributed by atoms with Crippen LogP contribution in [0.1, 0.15) is 13.2 Å². The van der Waals surface area contributed by atoms with Crippen LogP contribution in [0.3, 0.4) is 0 Å². The Morgan fingerprint density at radius 3 is 2.28 bits per heavy atom. The Labute approximate surface area is 217 Å². The smallest absolute Gasteiger partial charge is 0.394 e. The van der Waals surface area contributed by atoms with Crippen LogP contribution in [0, 0.1) is 0 Å². The van der Waals surface area contributed by atoms with E-state index >= 15 is 0 Å². The summed E-state index contributed by atoms with van der Waals surface area (Å²) in [5.74, 6) is -0.796. The van der Waals surface area contributed by atoms with E-state index in [1.807, 2.05) is 4.98 Å². The molecule has 2 saturated heterocycles. The second-order valence-corrected chi connectivity index (χ2v) is 11.4. The lowest BCUT2D eigenvalue weighted by Gasteiger charge is -2.42. The van der Waals surface area contributed by atoms with E-state index in [0.717, 1.165) is 23.8 Å². The lowest BCUT2D eigenvalue weighted by atomic mass is 10.0. The summed E-state index contributed by atoms with van der Waals surface area (Å²) in [5.41, 5.74) is -1.75. The van der Waals surface area contributed by atoms with Gasteiger partial charge in [-0.05, 0) is 0 Å². The number of aromatic nitrogens is 2. The van der Waals surface area contributed by atoms with Gasteiger partial charge in [-0.2, -0.15) is 4.31 Å². The van der Waals surface area contributed by atoms with Crippen molar-refractivity contribution < 1.29 is 72.1 Å². The zero-order chi connectivity index (χ0) is 29.3. The maximum Gasteiger partial charge on any atom is 0.483 e. The highest BCUT2D eigenvalue weighted by molar-refractivity contribution is 7.61. The zero-order valence-electron chi connectivity index (χ0n) is 19.8. The first-order valence-electron chi connectivity index (χ1n) is 11.0. The maximum absolute atomic E-state index is 12.4. The Morgan fingerprint density at radius 1 is 1.05 bits per heavy atom. The molecule has 39 heavy (non-hydrogen) atoms. The largest absolute Gasteiger partial charge is 0.483 e. The van der Waals surface area contributed by atoms with E-state index in [9.17, 15) is 58.8 Å². The van der Waals surface area contributed by atoms with E-state index < -0.39 is 101 Å². The molecule has 9 N–H and O–H groups in total. The number of H-pyrrole nitrogens is 1. The topological polar surface area (TPSA) is 306 Å². The van der Waals surface area contributed by atoms with E-state index in [-0.39, 0.29) is 0 Å². The summed E-state index contributed by atoms with van der Waals surface area (Å²) >= 11 is 0. The summed E-state index contributed by atoms with van der Waals surface area (Å²) in [7, 11) is -11.1. The molecule has 1 aromatic rings. The van der Waals surface area contributed by atoms with E-state index in [4.69, 9.17) is 9.47 Å². The third kappa shape index (κ3) is 7.66. The first-order valence-corrected chi connectivity index (χ1v) is 14.0. The molecular weight excluding hydrogens is 581 g/mol. The minimum atomic E-state index is -5.63. The van der Waals surface area contributed by atoms with Crippen LogP contribution in [0.25, 0.3) is 0 Å². The van der Waals surface area contributed by atoms with Crippen LogP contribution >= 0.6 is 15.6 Å². The van der Waals surface area contributed by atoms with Crippen molar-refractivity contribution >= 4 is 21.6 Å². The van der Waals surface area contributed by atoms with Crippen LogP contribution in [0.2, 0.25) is 0 Å². The van der Waals surface area contributed by atoms with E-state index in [2.05, 4.69) is 18.7 Å². The van der Waals surface area contributed by atoms with Crippen LogP contribution in [0.15, 0.2) is 21.9 Å². The van der Waals surface area contributed by atoms with Crippen molar-refractivity contribution in [3.63, 3.8) is 0 Å². The third-order valence-corrected chi connectivity index (χ3v) is 8.16. The highest BCUT2D eigenvalue weighted by atomic mass is 31.3. The quantitative estimate of drug-likeness (QED) is 0.0890. The highest BCUT2D eigenvalue weighted by Gasteiger charge is 2.50. The number of hydrogen-bond donors (Lipinski definition) is 9. The number of phosphoric acid groups is 2. The van der Waals surface area contributed by atoms with Crippen molar-refractivity contribution in [2.45, 2.75) is 62.1 Å². The first kappa shape index (κ1) is 31.7. The number of hydrogen-bond acceptors (Lipinski definition) is 15. The Balaban J connectivity index is 1.66. The number of carbonyl (C=O) groups excluding carboxylic acids is 1. The lowest BCUT2D eigenvalue weighted by molar-refractivity contribution is -0.247. The summed E-state index contributed by atoms with van der Waals surface area (Å²) in [5, 5.41) is 51.9. The van der Waals surface area contributed by atoms with Crippen molar-refractivity contribution in [3.8, 4) is 0 Å². The summed E-state index contributed by atoms with van der Waals surface area (Å²) < 4.78 is 49.2. The predicted molar refractivity (Wildman–Crippen MR) is 120 cm³/mol. The molecule has 222 valence electrons. The van der Waals surface area contributed by atoms with Gasteiger partial charge in [0, 0.05) is 19.2 Å². The number of rotatable bonds is 10. The Bertz CT molecular complexity index is 1240. The van der Waals surface area contributed by atoms with Gasteiger partial charge >= 0.3 is 21.3 Å². The van der Waals surface area contributed by atoms with Crippen molar-refractivity contribution in [2.24, 2.45) is 0 Å². The molecule has 22 heteroatoms. The minimum absolute atomic E-state index is 0.723. The number of amides is 1. The van der Waals surface area contributed by atoms with Gasteiger partial charge in [-0.1, -0.05) is 0 Å². The van der Waals surface area contributed by atoms with Crippen LogP contribution in [-0.4, -0.2) is 113 Å². The molecule has 0 aliphatic carbocycles. The fourth-order valence-electron chi connectivity index (χ4n) is 3.76. The number of nitrogens with zero attached hydrogens (tertiary/aromatic N) is 1. The van der Waals surface area contributed by atoms with Crippen molar-refractivity contribution in [3.05, 3.63) is 33.1 Å². The molecule has 20 nitrogen and oxygen atoms in total. The molecule has 0 bridgehead atoms. The molecule has 0 saturated carbocycles. The molecule has 0 spiro atoms. The van der Waals surface area contributed by atoms with Gasteiger partial charge in [0.1, 0.15) is 42.7 Å². The van der Waals surface area contributed by atoms with Gasteiger partial charge in [-0.3, -0.25) is 28.2 Å². The second kappa shape index (κ2) is 12.3. The summed E-state index contributed by atoms with van der Waals surface area (Å²) in [4.78, 5) is 56.4. The molecule has 1 aromatic heterocycles. The predicted octanol–water partition coefficient (Wildman–Crippen LogP) is -4.65. The molecule has 2 aliphatic heterocycles. The second-order valence-electron chi connectivity index (χ2n) is 8.42. The van der Waals surface area contributed by atoms with Gasteiger partial charge in [0.15, 0.2) is 12.5 Å². The Morgan fingerprint density at radius 2 is 1.69 bits per heavy atom. The number of nitrogens with one attached hydrogen (secondary N) is 2. The molecule has 1 amide bonds. The van der Waals surface area contributed by atoms with Crippen LogP contribution in [0.4, 0.5) is 0 Å². The van der Waals surface area contributed by atoms with E-state index in [1.54, 1.807) is 0 Å². The average molecular weight is 608 g/mol. The minimum Gasteiger partial charge on any atom is -0.394 e. The van der Waals surface area contributed by atoms with E-state index in [0.29, 0.717) is 0 Å². The van der Waals surface area contributed by atoms with Crippen LogP contribution in [-0.2, 0) is 36.8 Å². The van der Waals surface area contributed by atoms with Gasteiger partial charge in [-0.15, -0.1) is 0 Å². The van der Waals surface area contributed by atoms with Gasteiger partial charge in [0.2, 0.25) is 5.91 Å². The molecule has 2 aliphatic rings. The molecule has 3 rings (SSSR count). The van der Waals surface area contributed by atoms with E-state index in [1.165, 1.54) is 0 Å². The lowest BCUT2D eigenvalue weighted by Crippen LogP contribution is -2.64. The Kier molecular flexibility index (Phi) is 10.0. The molecule has 0 radical (unpaired) electrons. The van der Waals surface area contributed by atoms with Crippen molar-refractivity contribution in [1.82, 2.24) is 14.9 Å². The molecule has 2 fully saturated rings. The number of aliphatic hydroxyl groups excluding tert-OH is 5. The fourth-order valence-corrected chi connectivity index (χ4v) is 5.92. The van der Waals surface area contributed by atoms with Crippen LogP contribution in [0.5, 0.6) is 0 Å². The van der Waals surface area contributed by atoms with Crippen LogP contribution < -0.4 is 16.6 Å². The number of carbonyl (C=O) groups is 1. The van der Waals surface area contributed by atoms with Gasteiger partial charge in [-0.25, -0.2) is 13.9 Å². The molecule has 11 atom stereocenters. The molecule has 0 aromatic carbocycles. The number of aliphatic hydroxyl groups is 5. The first-order chi connectivity index (χ1) is 18.0. The monoisotopic (exact) mass is 608 g/mol. The SMILES string of the molecule is CC(=O)N[C@@H]1[C@@H](O)[C@H](O)[C@@H](CO)O[13C@@H]1OP(=O)(O)OP(=O)(O)OC[C@H]1O[C@@H](n2ccc(=O)[nH]c2=O)[C@H](O)[C@@H]1O. The molecular formula is C17H27N3O17P2. The normalized spacial score (nSPS) is 36.2. The number of aromatic amines is 1. The van der Waals surface area contributed by atoms with Gasteiger partial charge in [0.25, 0.3) is 5.56 Å². The summed E-state index contributed by atoms with van der Waals surface area (Å²) in [6.07, 6.45) is -13.0. The Hall–Kier alpha value is -1.87. The summed E-state index contributed by atoms with van der Waals surface area (Å²) in [6, 6.07) is -0.766. The number of phosphoric ester groups is 2. The third-order valence-electron chi connectivity index (χ3n) is 5.56. The zero-order valence-corrected chi connectivity index (χ0v) is 21.6. The maximum atomic E-state index is 12.4. The van der Waals surface area contributed by atoms with Crippen molar-refractivity contribution in [2.75, 3.05) is 13.2 Å². The fraction of sp³-hybridized carbons (Fsp3) is 0.706. The molecule has 2 unspecified atom stereocenters. The highest BCUT2D eigenvalue weighted by Crippen LogP contribution is 2.61. The van der Waals surface area contributed by atoms with Crippen molar-refractivity contribution in [1.29, 1.82) is 0 Å². The standard InChI is InChI=1S/C17H27N3O17P2/c1-6(22)18-10-13(26)11(24)7(4-21)35-16(10)36-39(31,32)37-38(29,30)33-5-8-12(25)14(27)15(34-8)20-3-2-9(23)19-17(20)28/h2-3,7-8,10-16,21,24-27H,4-5H2,1H3,(H,18,22)(H,29,30)(H,31,32)(H,19,23,28)/t7-,8-,10-,11-,12-,13-,14-,15-,16-/m1/s1/i16+1. The summed E-state index contributed by atoms with van der Waals surface area (Å²) in [6.45, 7) is -0.940. The van der Waals surface area contributed by atoms with Gasteiger partial charge < -0.3 is 50.1 Å². The van der Waals surface area contributed by atoms with Gasteiger partial charge in [0.05, 0.1) is 13.2 Å². The number of ether oxygens (including phenoxy) is 2. The average Bonchev–Trinajstić information content (AvgIpc) is 3.10. The molecule has 3 heterocycles.